The highest BCUT2D eigenvalue weighted by atomic mass is 35.5. The van der Waals surface area contributed by atoms with Gasteiger partial charge in [0, 0.05) is 16.1 Å². The molecule has 2 aromatic rings. The summed E-state index contributed by atoms with van der Waals surface area (Å²) < 4.78 is 0. The van der Waals surface area contributed by atoms with Crippen LogP contribution in [0, 0.1) is 0 Å². The molecule has 4 nitrogen and oxygen atoms in total. The zero-order valence-electron chi connectivity index (χ0n) is 13.8. The molecular formula is C19H17Cl2NO3. The third-order valence-corrected chi connectivity index (χ3v) is 4.92. The Morgan fingerprint density at radius 1 is 1.20 bits per heavy atom. The Labute approximate surface area is 155 Å². The van der Waals surface area contributed by atoms with Crippen molar-refractivity contribution in [3.8, 4) is 0 Å². The van der Waals surface area contributed by atoms with E-state index in [0.29, 0.717) is 22.2 Å². The number of hydrogen-bond donors (Lipinski definition) is 2. The van der Waals surface area contributed by atoms with Gasteiger partial charge in [0.15, 0.2) is 11.4 Å². The molecule has 1 amide bonds. The van der Waals surface area contributed by atoms with Gasteiger partial charge in [0.05, 0.1) is 17.1 Å². The molecule has 0 radical (unpaired) electrons. The van der Waals surface area contributed by atoms with E-state index >= 15 is 0 Å². The number of aliphatic hydroxyl groups is 1. The van der Waals surface area contributed by atoms with Crippen LogP contribution in [0.2, 0.25) is 10.0 Å². The van der Waals surface area contributed by atoms with Crippen LogP contribution < -0.4 is 5.32 Å². The predicted octanol–water partition coefficient (Wildman–Crippen LogP) is 4.53. The lowest BCUT2D eigenvalue weighted by atomic mass is 9.87. The molecule has 6 heteroatoms. The Balaban J connectivity index is 1.92. The number of rotatable bonds is 4. The summed E-state index contributed by atoms with van der Waals surface area (Å²) in [4.78, 5) is 24.9. The summed E-state index contributed by atoms with van der Waals surface area (Å²) in [6, 6.07) is 10.1. The molecule has 1 aliphatic rings. The largest absolute Gasteiger partial charge is 0.375 e. The molecule has 2 N–H and O–H groups in total. The van der Waals surface area contributed by atoms with E-state index < -0.39 is 17.9 Å². The first kappa shape index (κ1) is 17.9. The average Bonchev–Trinajstić information content (AvgIpc) is 2.77. The molecule has 1 heterocycles. The number of carbonyl (C=O) groups is 2. The number of benzene rings is 2. The molecule has 130 valence electrons. The van der Waals surface area contributed by atoms with Crippen LogP contribution in [0.5, 0.6) is 0 Å². The molecule has 0 aliphatic carbocycles. The van der Waals surface area contributed by atoms with Crippen LogP contribution in [0.1, 0.15) is 47.7 Å². The number of ketones is 1. The van der Waals surface area contributed by atoms with E-state index in [1.807, 2.05) is 12.1 Å². The molecule has 0 unspecified atom stereocenters. The highest BCUT2D eigenvalue weighted by Crippen LogP contribution is 2.44. The Hall–Kier alpha value is -1.88. The van der Waals surface area contributed by atoms with Gasteiger partial charge in [-0.2, -0.15) is 0 Å². The number of halogens is 2. The molecule has 3 rings (SSSR count). The van der Waals surface area contributed by atoms with Crippen LogP contribution in [0.15, 0.2) is 36.4 Å². The van der Waals surface area contributed by atoms with Gasteiger partial charge >= 0.3 is 0 Å². The third kappa shape index (κ3) is 3.17. The zero-order valence-corrected chi connectivity index (χ0v) is 15.3. The number of nitrogens with one attached hydrogen (secondary N) is 1. The maximum atomic E-state index is 12.6. The summed E-state index contributed by atoms with van der Waals surface area (Å²) in [5, 5.41) is 13.9. The van der Waals surface area contributed by atoms with E-state index in [9.17, 15) is 14.7 Å². The fourth-order valence-corrected chi connectivity index (χ4v) is 3.64. The monoisotopic (exact) mass is 377 g/mol. The van der Waals surface area contributed by atoms with Crippen molar-refractivity contribution in [3.05, 3.63) is 63.1 Å². The van der Waals surface area contributed by atoms with Crippen molar-refractivity contribution in [2.75, 3.05) is 5.32 Å². The second-order valence-corrected chi connectivity index (χ2v) is 7.34. The van der Waals surface area contributed by atoms with Crippen molar-refractivity contribution >= 4 is 40.6 Å². The van der Waals surface area contributed by atoms with Crippen molar-refractivity contribution in [1.82, 2.24) is 0 Å². The Kier molecular flexibility index (Phi) is 4.62. The van der Waals surface area contributed by atoms with Crippen LogP contribution in [-0.2, 0) is 10.4 Å². The molecular weight excluding hydrogens is 361 g/mol. The quantitative estimate of drug-likeness (QED) is 0.769. The van der Waals surface area contributed by atoms with Gasteiger partial charge in [-0.3, -0.25) is 9.59 Å². The lowest BCUT2D eigenvalue weighted by Gasteiger charge is -2.21. The van der Waals surface area contributed by atoms with Crippen molar-refractivity contribution in [3.63, 3.8) is 0 Å². The number of fused-ring (bicyclic) bond motifs is 1. The molecule has 1 aliphatic heterocycles. The molecule has 0 saturated carbocycles. The van der Waals surface area contributed by atoms with Crippen LogP contribution in [-0.4, -0.2) is 16.8 Å². The van der Waals surface area contributed by atoms with E-state index in [4.69, 9.17) is 23.2 Å². The molecule has 0 saturated heterocycles. The molecule has 0 bridgehead atoms. The molecule has 2 aromatic carbocycles. The number of hydrogen-bond acceptors (Lipinski definition) is 3. The van der Waals surface area contributed by atoms with E-state index in [1.165, 1.54) is 12.1 Å². The lowest BCUT2D eigenvalue weighted by molar-refractivity contribution is -0.133. The van der Waals surface area contributed by atoms with E-state index in [1.54, 1.807) is 12.1 Å². The van der Waals surface area contributed by atoms with Gasteiger partial charge in [-0.25, -0.2) is 0 Å². The van der Waals surface area contributed by atoms with E-state index in [-0.39, 0.29) is 16.4 Å². The molecule has 0 fully saturated rings. The second-order valence-electron chi connectivity index (χ2n) is 6.50. The third-order valence-electron chi connectivity index (χ3n) is 4.41. The Bertz CT molecular complexity index is 862. The maximum Gasteiger partial charge on any atom is 0.261 e. The van der Waals surface area contributed by atoms with Gasteiger partial charge in [0.25, 0.3) is 5.91 Å². The van der Waals surface area contributed by atoms with Crippen molar-refractivity contribution in [2.24, 2.45) is 0 Å². The zero-order chi connectivity index (χ0) is 18.4. The Morgan fingerprint density at radius 3 is 2.44 bits per heavy atom. The number of Topliss-reactive ketones (excluding diaryl/α,β-unsaturated/α-hetero) is 1. The summed E-state index contributed by atoms with van der Waals surface area (Å²) in [7, 11) is 0. The van der Waals surface area contributed by atoms with Gasteiger partial charge < -0.3 is 10.4 Å². The summed E-state index contributed by atoms with van der Waals surface area (Å²) in [5.41, 5.74) is 0.0508. The van der Waals surface area contributed by atoms with E-state index in [2.05, 4.69) is 19.2 Å². The first-order valence-electron chi connectivity index (χ1n) is 7.89. The number of carbonyl (C=O) groups excluding carboxylic acids is 2. The van der Waals surface area contributed by atoms with Gasteiger partial charge in [-0.1, -0.05) is 61.3 Å². The van der Waals surface area contributed by atoms with Crippen molar-refractivity contribution in [1.29, 1.82) is 0 Å². The molecule has 0 spiro atoms. The first-order chi connectivity index (χ1) is 11.7. The van der Waals surface area contributed by atoms with Crippen molar-refractivity contribution in [2.45, 2.75) is 31.8 Å². The maximum absolute atomic E-state index is 12.6. The predicted molar refractivity (Wildman–Crippen MR) is 98.5 cm³/mol. The fourth-order valence-electron chi connectivity index (χ4n) is 2.99. The summed E-state index contributed by atoms with van der Waals surface area (Å²) in [6.45, 7) is 4.12. The highest BCUT2D eigenvalue weighted by Gasteiger charge is 2.48. The van der Waals surface area contributed by atoms with Crippen LogP contribution >= 0.6 is 23.2 Å². The van der Waals surface area contributed by atoms with E-state index in [0.717, 1.165) is 5.56 Å². The minimum absolute atomic E-state index is 0.145. The minimum Gasteiger partial charge on any atom is -0.375 e. The van der Waals surface area contributed by atoms with Gasteiger partial charge in [0.2, 0.25) is 0 Å². The molecule has 0 aromatic heterocycles. The number of amides is 1. The standard InChI is InChI=1S/C19H17Cl2NO3/c1-10(2)11-3-5-12(6-4-11)16(23)9-19(25)17-14(21)7-13(20)8-15(17)22-18(19)24/h3-8,10,25H,9H2,1-2H3,(H,22,24)/t19-/m0/s1. The van der Waals surface area contributed by atoms with Crippen molar-refractivity contribution < 1.29 is 14.7 Å². The fraction of sp³-hybridized carbons (Fsp3) is 0.263. The normalized spacial score (nSPS) is 19.0. The highest BCUT2D eigenvalue weighted by molar-refractivity contribution is 6.36. The first-order valence-corrected chi connectivity index (χ1v) is 8.64. The summed E-state index contributed by atoms with van der Waals surface area (Å²) >= 11 is 12.1. The Morgan fingerprint density at radius 2 is 1.84 bits per heavy atom. The summed E-state index contributed by atoms with van der Waals surface area (Å²) in [5.74, 6) is -0.671. The lowest BCUT2D eigenvalue weighted by Crippen LogP contribution is -2.36. The number of anilines is 1. The molecule has 25 heavy (non-hydrogen) atoms. The van der Waals surface area contributed by atoms with Crippen LogP contribution in [0.4, 0.5) is 5.69 Å². The van der Waals surface area contributed by atoms with Crippen LogP contribution in [0.3, 0.4) is 0 Å². The second kappa shape index (κ2) is 6.45. The van der Waals surface area contributed by atoms with Gasteiger partial charge in [-0.15, -0.1) is 0 Å². The van der Waals surface area contributed by atoms with Gasteiger partial charge in [-0.05, 0) is 23.6 Å². The van der Waals surface area contributed by atoms with Gasteiger partial charge in [0.1, 0.15) is 0 Å². The van der Waals surface area contributed by atoms with Crippen LogP contribution in [0.25, 0.3) is 0 Å². The minimum atomic E-state index is -2.01. The topological polar surface area (TPSA) is 66.4 Å². The SMILES string of the molecule is CC(C)c1ccc(C(=O)C[C@@]2(O)C(=O)Nc3cc(Cl)cc(Cl)c32)cc1. The smallest absolute Gasteiger partial charge is 0.261 e. The average molecular weight is 378 g/mol. The molecule has 1 atom stereocenters. The summed E-state index contributed by atoms with van der Waals surface area (Å²) in [6.07, 6.45) is -0.395.